The second kappa shape index (κ2) is 18.6. The van der Waals surface area contributed by atoms with Gasteiger partial charge in [0.2, 0.25) is 0 Å². The molecule has 0 N–H and O–H groups in total. The van der Waals surface area contributed by atoms with Gasteiger partial charge < -0.3 is 18.9 Å². The summed E-state index contributed by atoms with van der Waals surface area (Å²) >= 11 is 1.94. The van der Waals surface area contributed by atoms with Crippen molar-refractivity contribution >= 4 is 132 Å². The fraction of sp³-hybridized carbons (Fsp3) is 0.250. The summed E-state index contributed by atoms with van der Waals surface area (Å²) in [5, 5.41) is 7.64. The zero-order valence-electron chi connectivity index (χ0n) is 52.7. The summed E-state index contributed by atoms with van der Waals surface area (Å²) < 4.78 is 7.73. The number of fused-ring (bicyclic) bond motifs is 14. The van der Waals surface area contributed by atoms with Crippen LogP contribution in [0.15, 0.2) is 194 Å². The molecule has 86 heavy (non-hydrogen) atoms. The van der Waals surface area contributed by atoms with E-state index in [0.717, 1.165) is 17.1 Å². The molecule has 0 unspecified atom stereocenters. The topological polar surface area (TPSA) is 16.3 Å². The van der Waals surface area contributed by atoms with Gasteiger partial charge in [-0.1, -0.05) is 207 Å². The number of para-hydroxylation sites is 2. The first-order chi connectivity index (χ1) is 40.8. The van der Waals surface area contributed by atoms with E-state index in [0.29, 0.717) is 0 Å². The lowest BCUT2D eigenvalue weighted by Gasteiger charge is -2.45. The SMILES string of the molecule is CC(C)(C)c1ccc(N2c3ccc(C(C)(C)C)cc3B3c4cc(-n5c6ccc(C(C)(C)C)cc6c6cc(C(C)(C)C)ccc65)c5sc6ccccc6c5c4N(c4ccc(C(C)(C)C)cc4)c4cc(-n5c6ccccc6c6ccccc65)cc2c43)cc1. The van der Waals surface area contributed by atoms with Crippen LogP contribution in [-0.4, -0.2) is 15.8 Å². The zero-order valence-corrected chi connectivity index (χ0v) is 53.6. The lowest BCUT2D eigenvalue weighted by atomic mass is 9.33. The summed E-state index contributed by atoms with van der Waals surface area (Å²) in [6.45, 7) is 34.9. The molecular formula is C80H77BN4S. The molecule has 4 nitrogen and oxygen atoms in total. The van der Waals surface area contributed by atoms with E-state index < -0.39 is 0 Å². The fourth-order valence-electron chi connectivity index (χ4n) is 14.3. The lowest BCUT2D eigenvalue weighted by molar-refractivity contribution is 0.590. The summed E-state index contributed by atoms with van der Waals surface area (Å²) in [7, 11) is 0. The van der Waals surface area contributed by atoms with Gasteiger partial charge in [0.15, 0.2) is 0 Å². The summed E-state index contributed by atoms with van der Waals surface area (Å²) in [5.41, 5.74) is 24.6. The zero-order chi connectivity index (χ0) is 59.9. The van der Waals surface area contributed by atoms with Crippen molar-refractivity contribution in [2.75, 3.05) is 9.80 Å². The number of rotatable bonds is 4. The Kier molecular flexibility index (Phi) is 11.8. The van der Waals surface area contributed by atoms with E-state index in [-0.39, 0.29) is 33.8 Å². The van der Waals surface area contributed by atoms with Crippen molar-refractivity contribution in [3.63, 3.8) is 0 Å². The Morgan fingerprint density at radius 1 is 0.314 bits per heavy atom. The van der Waals surface area contributed by atoms with Crippen molar-refractivity contribution in [3.8, 4) is 11.4 Å². The van der Waals surface area contributed by atoms with Gasteiger partial charge in [0.05, 0.1) is 43.8 Å². The Morgan fingerprint density at radius 3 is 1.27 bits per heavy atom. The van der Waals surface area contributed by atoms with Gasteiger partial charge in [-0.2, -0.15) is 0 Å². The van der Waals surface area contributed by atoms with Gasteiger partial charge in [0.25, 0.3) is 6.71 Å². The van der Waals surface area contributed by atoms with E-state index in [4.69, 9.17) is 0 Å². The van der Waals surface area contributed by atoms with Crippen molar-refractivity contribution < 1.29 is 0 Å². The average molecular weight is 1140 g/mol. The molecule has 2 aliphatic heterocycles. The Hall–Kier alpha value is -8.32. The summed E-state index contributed by atoms with van der Waals surface area (Å²) in [5.74, 6) is 0. The van der Waals surface area contributed by atoms with E-state index in [1.165, 1.54) is 136 Å². The highest BCUT2D eigenvalue weighted by Gasteiger charge is 2.46. The highest BCUT2D eigenvalue weighted by Crippen LogP contribution is 2.53. The summed E-state index contributed by atoms with van der Waals surface area (Å²) in [6.07, 6.45) is 0. The first-order valence-electron chi connectivity index (χ1n) is 31.0. The van der Waals surface area contributed by atoms with Crippen LogP contribution in [-0.2, 0) is 27.1 Å². The van der Waals surface area contributed by atoms with Crippen molar-refractivity contribution in [1.29, 1.82) is 0 Å². The van der Waals surface area contributed by atoms with Crippen LogP contribution < -0.4 is 26.2 Å². The second-order valence-corrected chi connectivity index (χ2v) is 31.0. The van der Waals surface area contributed by atoms with E-state index in [2.05, 4.69) is 317 Å². The molecule has 0 amide bonds. The van der Waals surface area contributed by atoms with Crippen molar-refractivity contribution in [3.05, 3.63) is 222 Å². The Bertz CT molecular complexity index is 4830. The maximum atomic E-state index is 2.69. The molecule has 426 valence electrons. The van der Waals surface area contributed by atoms with Crippen LogP contribution in [0, 0.1) is 0 Å². The largest absolute Gasteiger partial charge is 0.311 e. The maximum absolute atomic E-state index is 2.69. The molecule has 6 heteroatoms. The molecular weight excluding hydrogens is 1060 g/mol. The van der Waals surface area contributed by atoms with Crippen molar-refractivity contribution in [1.82, 2.24) is 9.13 Å². The molecule has 13 aromatic rings. The highest BCUT2D eigenvalue weighted by molar-refractivity contribution is 7.26. The highest BCUT2D eigenvalue weighted by atomic mass is 32.1. The Balaban J connectivity index is 1.14. The lowest BCUT2D eigenvalue weighted by Crippen LogP contribution is -2.61. The number of anilines is 6. The van der Waals surface area contributed by atoms with Crippen LogP contribution in [0.3, 0.4) is 0 Å². The molecule has 15 rings (SSSR count). The second-order valence-electron chi connectivity index (χ2n) is 29.9. The van der Waals surface area contributed by atoms with Crippen LogP contribution >= 0.6 is 11.3 Å². The minimum absolute atomic E-state index is 0.0115. The van der Waals surface area contributed by atoms with Crippen LogP contribution in [0.1, 0.15) is 132 Å². The van der Waals surface area contributed by atoms with Crippen LogP contribution in [0.4, 0.5) is 34.1 Å². The van der Waals surface area contributed by atoms with Gasteiger partial charge in [0, 0.05) is 65.5 Å². The molecule has 0 saturated heterocycles. The van der Waals surface area contributed by atoms with E-state index in [1.54, 1.807) is 0 Å². The first kappa shape index (κ1) is 54.3. The molecule has 10 aromatic carbocycles. The normalized spacial score (nSPS) is 13.9. The van der Waals surface area contributed by atoms with Crippen LogP contribution in [0.25, 0.3) is 75.2 Å². The Morgan fingerprint density at radius 2 is 0.744 bits per heavy atom. The van der Waals surface area contributed by atoms with E-state index in [9.17, 15) is 0 Å². The molecule has 2 aliphatic rings. The van der Waals surface area contributed by atoms with Gasteiger partial charge in [-0.25, -0.2) is 0 Å². The average Bonchev–Trinajstić information content (AvgIpc) is 1.07. The van der Waals surface area contributed by atoms with Crippen LogP contribution in [0.5, 0.6) is 0 Å². The number of benzene rings is 10. The number of aromatic nitrogens is 2. The number of hydrogen-bond donors (Lipinski definition) is 0. The smallest absolute Gasteiger partial charge is 0.252 e. The van der Waals surface area contributed by atoms with Gasteiger partial charge in [-0.3, -0.25) is 0 Å². The molecule has 0 radical (unpaired) electrons. The summed E-state index contributed by atoms with van der Waals surface area (Å²) in [6, 6.07) is 76.0. The quantitative estimate of drug-likeness (QED) is 0.163. The van der Waals surface area contributed by atoms with E-state index >= 15 is 0 Å². The molecule has 0 bridgehead atoms. The summed E-state index contributed by atoms with van der Waals surface area (Å²) in [4.78, 5) is 5.30. The first-order valence-corrected chi connectivity index (χ1v) is 31.8. The number of thiophene rings is 1. The standard InChI is InChI=1S/C80H77BN4S/c1-76(2,3)48-28-35-53(36-29-48)82-67-41-34-52(80(13,14)15)44-61(67)81-62-47-70(85-65-39-32-50(78(7,8)9)42-59(65)60-43-51(79(10,11)12)33-40-66(60)85)75-72(58-24-18-21-27-71(58)86-75)74(62)84(54-37-30-49(31-38-54)77(4,5)6)69-46-55(45-68(82)73(69)81)83-63-25-19-16-22-56(63)57-23-17-20-26-64(57)83/h16-47H,1-15H3. The fourth-order valence-corrected chi connectivity index (χ4v) is 15.5. The van der Waals surface area contributed by atoms with Crippen molar-refractivity contribution in [2.45, 2.75) is 131 Å². The predicted octanol–water partition coefficient (Wildman–Crippen LogP) is 20.8. The third-order valence-electron chi connectivity index (χ3n) is 19.1. The molecule has 0 aliphatic carbocycles. The van der Waals surface area contributed by atoms with E-state index in [1.807, 2.05) is 11.3 Å². The number of nitrogens with zero attached hydrogens (tertiary/aromatic N) is 4. The predicted molar refractivity (Wildman–Crippen MR) is 376 cm³/mol. The van der Waals surface area contributed by atoms with Gasteiger partial charge in [-0.15, -0.1) is 11.3 Å². The number of hydrogen-bond acceptors (Lipinski definition) is 3. The molecule has 5 heterocycles. The molecule has 0 atom stereocenters. The third kappa shape index (κ3) is 8.29. The molecule has 0 saturated carbocycles. The monoisotopic (exact) mass is 1140 g/mol. The van der Waals surface area contributed by atoms with Crippen LogP contribution in [0.2, 0.25) is 0 Å². The molecule has 0 spiro atoms. The molecule has 3 aromatic heterocycles. The third-order valence-corrected chi connectivity index (χ3v) is 20.3. The van der Waals surface area contributed by atoms with Gasteiger partial charge in [-0.05, 0) is 162 Å². The van der Waals surface area contributed by atoms with Gasteiger partial charge >= 0.3 is 0 Å². The Labute approximate surface area is 512 Å². The van der Waals surface area contributed by atoms with Gasteiger partial charge in [0.1, 0.15) is 0 Å². The van der Waals surface area contributed by atoms with Crippen molar-refractivity contribution in [2.24, 2.45) is 0 Å². The molecule has 0 fully saturated rings. The minimum Gasteiger partial charge on any atom is -0.311 e. The minimum atomic E-state index is -0.162. The maximum Gasteiger partial charge on any atom is 0.252 e.